The Hall–Kier alpha value is -3.41. The van der Waals surface area contributed by atoms with Crippen molar-refractivity contribution < 1.29 is 14.4 Å². The van der Waals surface area contributed by atoms with Gasteiger partial charge in [-0.1, -0.05) is 42.5 Å². The maximum atomic E-state index is 12.9. The molecule has 1 aliphatic carbocycles. The molecule has 6 heteroatoms. The third-order valence-electron chi connectivity index (χ3n) is 5.03. The number of ketones is 2. The van der Waals surface area contributed by atoms with Crippen molar-refractivity contribution >= 4 is 17.5 Å². The lowest BCUT2D eigenvalue weighted by molar-refractivity contribution is 0.0657. The van der Waals surface area contributed by atoms with Gasteiger partial charge in [0.1, 0.15) is 11.4 Å². The Morgan fingerprint density at radius 1 is 0.778 bits per heavy atom. The number of hydrogen-bond donors (Lipinski definition) is 1. The highest BCUT2D eigenvalue weighted by molar-refractivity contribution is 6.26. The molecule has 1 heterocycles. The van der Waals surface area contributed by atoms with Gasteiger partial charge in [0.15, 0.2) is 0 Å². The van der Waals surface area contributed by atoms with Crippen LogP contribution < -0.4 is 5.73 Å². The summed E-state index contributed by atoms with van der Waals surface area (Å²) >= 11 is 0. The minimum Gasteiger partial charge on any atom is -0.394 e. The number of amides is 1. The van der Waals surface area contributed by atoms with E-state index in [1.54, 1.807) is 41.3 Å². The maximum Gasteiger partial charge on any atom is 0.253 e. The SMILES string of the molecule is NC1=C(N2CCN(C(=O)c3ccccc3)CC2)C(=O)c2ccccc2C1=O. The highest BCUT2D eigenvalue weighted by Gasteiger charge is 2.35. The first-order valence-corrected chi connectivity index (χ1v) is 8.85. The number of Topliss-reactive ketones (excluding diaryl/α,β-unsaturated/α-hetero) is 2. The molecule has 1 amide bonds. The lowest BCUT2D eigenvalue weighted by Gasteiger charge is -2.38. The van der Waals surface area contributed by atoms with Crippen LogP contribution in [-0.2, 0) is 0 Å². The summed E-state index contributed by atoms with van der Waals surface area (Å²) in [6.07, 6.45) is 0. The summed E-state index contributed by atoms with van der Waals surface area (Å²) in [5.74, 6) is -0.581. The van der Waals surface area contributed by atoms with Gasteiger partial charge in [-0.2, -0.15) is 0 Å². The zero-order valence-corrected chi connectivity index (χ0v) is 14.7. The Balaban J connectivity index is 1.53. The van der Waals surface area contributed by atoms with Crippen LogP contribution in [-0.4, -0.2) is 53.5 Å². The van der Waals surface area contributed by atoms with E-state index < -0.39 is 0 Å². The summed E-state index contributed by atoms with van der Waals surface area (Å²) in [6.45, 7) is 1.84. The minimum atomic E-state index is -0.317. The van der Waals surface area contributed by atoms with Crippen molar-refractivity contribution in [2.75, 3.05) is 26.2 Å². The van der Waals surface area contributed by atoms with Crippen molar-refractivity contribution in [2.24, 2.45) is 5.73 Å². The van der Waals surface area contributed by atoms with Crippen LogP contribution in [0.25, 0.3) is 0 Å². The van der Waals surface area contributed by atoms with Crippen LogP contribution in [0, 0.1) is 0 Å². The number of nitrogens with two attached hydrogens (primary N) is 1. The van der Waals surface area contributed by atoms with Crippen LogP contribution in [0.2, 0.25) is 0 Å². The predicted octanol–water partition coefficient (Wildman–Crippen LogP) is 1.69. The number of benzene rings is 2. The van der Waals surface area contributed by atoms with Crippen LogP contribution in [0.5, 0.6) is 0 Å². The Morgan fingerprint density at radius 2 is 1.33 bits per heavy atom. The van der Waals surface area contributed by atoms with E-state index in [2.05, 4.69) is 0 Å². The second kappa shape index (κ2) is 6.72. The predicted molar refractivity (Wildman–Crippen MR) is 100 cm³/mol. The van der Waals surface area contributed by atoms with Gasteiger partial charge in [0.25, 0.3) is 5.91 Å². The first-order chi connectivity index (χ1) is 13.1. The number of hydrogen-bond acceptors (Lipinski definition) is 5. The zero-order valence-electron chi connectivity index (χ0n) is 14.7. The first kappa shape index (κ1) is 17.0. The number of nitrogens with zero attached hydrogens (tertiary/aromatic N) is 2. The summed E-state index contributed by atoms with van der Waals surface area (Å²) < 4.78 is 0. The quantitative estimate of drug-likeness (QED) is 0.880. The standard InChI is InChI=1S/C21H19N3O3/c22-17-18(20(26)16-9-5-4-8-15(16)19(17)25)23-10-12-24(13-11-23)21(27)14-6-2-1-3-7-14/h1-9H,10-13,22H2. The fourth-order valence-electron chi connectivity index (χ4n) is 3.59. The van der Waals surface area contributed by atoms with Gasteiger partial charge in [-0.3, -0.25) is 14.4 Å². The Labute approximate surface area is 156 Å². The fourth-order valence-corrected chi connectivity index (χ4v) is 3.59. The normalized spacial score (nSPS) is 17.2. The third kappa shape index (κ3) is 2.89. The summed E-state index contributed by atoms with van der Waals surface area (Å²) in [4.78, 5) is 41.6. The molecule has 4 rings (SSSR count). The van der Waals surface area contributed by atoms with E-state index >= 15 is 0 Å². The molecule has 0 atom stereocenters. The van der Waals surface area contributed by atoms with Gasteiger partial charge >= 0.3 is 0 Å². The molecule has 1 aliphatic heterocycles. The molecule has 6 nitrogen and oxygen atoms in total. The smallest absolute Gasteiger partial charge is 0.253 e. The molecule has 136 valence electrons. The largest absolute Gasteiger partial charge is 0.394 e. The van der Waals surface area contributed by atoms with Gasteiger partial charge in [-0.15, -0.1) is 0 Å². The van der Waals surface area contributed by atoms with Gasteiger partial charge in [0.2, 0.25) is 11.6 Å². The van der Waals surface area contributed by atoms with Gasteiger partial charge in [0, 0.05) is 42.9 Å². The second-order valence-electron chi connectivity index (χ2n) is 6.61. The molecular formula is C21H19N3O3. The molecule has 0 spiro atoms. The molecule has 1 fully saturated rings. The molecule has 1 saturated heterocycles. The summed E-state index contributed by atoms with van der Waals surface area (Å²) in [6, 6.07) is 15.8. The van der Waals surface area contributed by atoms with E-state index in [1.807, 2.05) is 23.1 Å². The van der Waals surface area contributed by atoms with Gasteiger partial charge in [-0.05, 0) is 12.1 Å². The van der Waals surface area contributed by atoms with Gasteiger partial charge in [0.05, 0.1) is 0 Å². The number of carbonyl (C=O) groups is 3. The van der Waals surface area contributed by atoms with E-state index in [0.717, 1.165) is 0 Å². The molecule has 0 bridgehead atoms. The molecule has 0 radical (unpaired) electrons. The van der Waals surface area contributed by atoms with Crippen molar-refractivity contribution in [1.82, 2.24) is 9.80 Å². The van der Waals surface area contributed by atoms with Crippen molar-refractivity contribution in [2.45, 2.75) is 0 Å². The number of carbonyl (C=O) groups excluding carboxylic acids is 3. The van der Waals surface area contributed by atoms with E-state index in [0.29, 0.717) is 42.9 Å². The highest BCUT2D eigenvalue weighted by Crippen LogP contribution is 2.27. The number of fused-ring (bicyclic) bond motifs is 1. The topological polar surface area (TPSA) is 83.7 Å². The van der Waals surface area contributed by atoms with E-state index in [1.165, 1.54) is 0 Å². The molecule has 0 saturated carbocycles. The second-order valence-corrected chi connectivity index (χ2v) is 6.61. The molecular weight excluding hydrogens is 342 g/mol. The highest BCUT2D eigenvalue weighted by atomic mass is 16.2. The van der Waals surface area contributed by atoms with Crippen molar-refractivity contribution in [3.63, 3.8) is 0 Å². The number of allylic oxidation sites excluding steroid dienone is 2. The summed E-state index contributed by atoms with van der Waals surface area (Å²) in [5.41, 5.74) is 7.65. The Bertz CT molecular complexity index is 958. The van der Waals surface area contributed by atoms with Crippen molar-refractivity contribution in [3.05, 3.63) is 82.7 Å². The van der Waals surface area contributed by atoms with Gasteiger partial charge < -0.3 is 15.5 Å². The van der Waals surface area contributed by atoms with E-state index in [9.17, 15) is 14.4 Å². The number of piperazine rings is 1. The molecule has 0 aromatic heterocycles. The van der Waals surface area contributed by atoms with Crippen molar-refractivity contribution in [3.8, 4) is 0 Å². The third-order valence-corrected chi connectivity index (χ3v) is 5.03. The monoisotopic (exact) mass is 361 g/mol. The average molecular weight is 361 g/mol. The first-order valence-electron chi connectivity index (χ1n) is 8.85. The molecule has 2 aromatic carbocycles. The maximum absolute atomic E-state index is 12.9. The van der Waals surface area contributed by atoms with Gasteiger partial charge in [-0.25, -0.2) is 0 Å². The minimum absolute atomic E-state index is 0.0125. The lowest BCUT2D eigenvalue weighted by Crippen LogP contribution is -2.50. The van der Waals surface area contributed by atoms with Crippen LogP contribution in [0.3, 0.4) is 0 Å². The van der Waals surface area contributed by atoms with E-state index in [-0.39, 0.29) is 28.9 Å². The Morgan fingerprint density at radius 3 is 1.96 bits per heavy atom. The van der Waals surface area contributed by atoms with E-state index in [4.69, 9.17) is 5.73 Å². The molecule has 0 unspecified atom stereocenters. The van der Waals surface area contributed by atoms with Crippen molar-refractivity contribution in [1.29, 1.82) is 0 Å². The lowest BCUT2D eigenvalue weighted by atomic mass is 9.90. The van der Waals surface area contributed by atoms with Crippen LogP contribution in [0.15, 0.2) is 66.0 Å². The molecule has 2 N–H and O–H groups in total. The molecule has 2 aromatic rings. The van der Waals surface area contributed by atoms with Crippen LogP contribution in [0.1, 0.15) is 31.1 Å². The average Bonchev–Trinajstić information content (AvgIpc) is 2.73. The fraction of sp³-hybridized carbons (Fsp3) is 0.190. The molecule has 27 heavy (non-hydrogen) atoms. The Kier molecular flexibility index (Phi) is 4.24. The zero-order chi connectivity index (χ0) is 19.0. The van der Waals surface area contributed by atoms with Crippen LogP contribution >= 0.6 is 0 Å². The summed E-state index contributed by atoms with van der Waals surface area (Å²) in [7, 11) is 0. The number of rotatable bonds is 2. The molecule has 2 aliphatic rings. The van der Waals surface area contributed by atoms with Crippen LogP contribution in [0.4, 0.5) is 0 Å². The summed E-state index contributed by atoms with van der Waals surface area (Å²) in [5, 5.41) is 0.